The van der Waals surface area contributed by atoms with E-state index in [9.17, 15) is 14.4 Å². The molecule has 0 bridgehead atoms. The first kappa shape index (κ1) is 19.8. The molecule has 7 nitrogen and oxygen atoms in total. The Labute approximate surface area is 153 Å². The monoisotopic (exact) mass is 363 g/mol. The molecule has 1 aliphatic carbocycles. The third-order valence-electron chi connectivity index (χ3n) is 4.13. The number of hydrogen-bond acceptors (Lipinski definition) is 6. The zero-order valence-electron chi connectivity index (χ0n) is 15.1. The van der Waals surface area contributed by atoms with Crippen LogP contribution in [0.3, 0.4) is 0 Å². The SMILES string of the molecule is CCOC(=O)[C@@H](C[C@H]1C[C@H]1C(=O)OCC)NC(=O)OCc1ccccc1. The van der Waals surface area contributed by atoms with Crippen molar-refractivity contribution >= 4 is 18.0 Å². The van der Waals surface area contributed by atoms with Crippen molar-refractivity contribution < 1.29 is 28.6 Å². The molecule has 0 spiro atoms. The van der Waals surface area contributed by atoms with Gasteiger partial charge in [0.05, 0.1) is 19.1 Å². The van der Waals surface area contributed by atoms with Gasteiger partial charge in [0.2, 0.25) is 0 Å². The molecule has 1 aliphatic rings. The molecule has 0 unspecified atom stereocenters. The number of rotatable bonds is 9. The second-order valence-electron chi connectivity index (χ2n) is 6.10. The van der Waals surface area contributed by atoms with Gasteiger partial charge in [0.15, 0.2) is 0 Å². The Morgan fingerprint density at radius 2 is 1.77 bits per heavy atom. The predicted molar refractivity (Wildman–Crippen MR) is 93.0 cm³/mol. The fourth-order valence-electron chi connectivity index (χ4n) is 2.71. The highest BCUT2D eigenvalue weighted by Gasteiger charge is 2.46. The van der Waals surface area contributed by atoms with Crippen LogP contribution in [0.1, 0.15) is 32.3 Å². The minimum Gasteiger partial charge on any atom is -0.466 e. The molecule has 142 valence electrons. The van der Waals surface area contributed by atoms with Crippen LogP contribution in [0.15, 0.2) is 30.3 Å². The normalized spacial score (nSPS) is 19.2. The average molecular weight is 363 g/mol. The van der Waals surface area contributed by atoms with Crippen LogP contribution in [-0.2, 0) is 30.4 Å². The highest BCUT2D eigenvalue weighted by atomic mass is 16.6. The van der Waals surface area contributed by atoms with Crippen LogP contribution in [0.2, 0.25) is 0 Å². The van der Waals surface area contributed by atoms with Gasteiger partial charge in [-0.2, -0.15) is 0 Å². The smallest absolute Gasteiger partial charge is 0.408 e. The Morgan fingerprint density at radius 1 is 1.08 bits per heavy atom. The molecule has 7 heteroatoms. The number of alkyl carbamates (subject to hydrolysis) is 1. The molecule has 1 amide bonds. The first-order chi connectivity index (χ1) is 12.5. The van der Waals surface area contributed by atoms with Crippen molar-refractivity contribution in [3.8, 4) is 0 Å². The highest BCUT2D eigenvalue weighted by Crippen LogP contribution is 2.43. The van der Waals surface area contributed by atoms with E-state index in [-0.39, 0.29) is 31.0 Å². The lowest BCUT2D eigenvalue weighted by Crippen LogP contribution is -2.42. The van der Waals surface area contributed by atoms with Gasteiger partial charge in [-0.25, -0.2) is 9.59 Å². The summed E-state index contributed by atoms with van der Waals surface area (Å²) in [5, 5.41) is 2.55. The van der Waals surface area contributed by atoms with Crippen LogP contribution >= 0.6 is 0 Å². The maximum absolute atomic E-state index is 12.1. The van der Waals surface area contributed by atoms with Crippen molar-refractivity contribution in [2.75, 3.05) is 13.2 Å². The number of carbonyl (C=O) groups excluding carboxylic acids is 3. The Kier molecular flexibility index (Phi) is 7.44. The third-order valence-corrected chi connectivity index (χ3v) is 4.13. The maximum atomic E-state index is 12.1. The molecular weight excluding hydrogens is 338 g/mol. The summed E-state index contributed by atoms with van der Waals surface area (Å²) >= 11 is 0. The summed E-state index contributed by atoms with van der Waals surface area (Å²) in [7, 11) is 0. The maximum Gasteiger partial charge on any atom is 0.408 e. The Balaban J connectivity index is 1.85. The van der Waals surface area contributed by atoms with Crippen molar-refractivity contribution in [3.63, 3.8) is 0 Å². The topological polar surface area (TPSA) is 90.9 Å². The zero-order valence-corrected chi connectivity index (χ0v) is 15.1. The molecule has 26 heavy (non-hydrogen) atoms. The van der Waals surface area contributed by atoms with Crippen molar-refractivity contribution in [1.82, 2.24) is 5.32 Å². The summed E-state index contributed by atoms with van der Waals surface area (Å²) in [5.41, 5.74) is 0.847. The summed E-state index contributed by atoms with van der Waals surface area (Å²) in [6.45, 7) is 4.09. The minimum atomic E-state index is -0.845. The molecule has 1 aromatic carbocycles. The van der Waals surface area contributed by atoms with Crippen molar-refractivity contribution in [1.29, 1.82) is 0 Å². The van der Waals surface area contributed by atoms with Gasteiger partial charge in [-0.3, -0.25) is 4.79 Å². The molecule has 1 N–H and O–H groups in total. The van der Waals surface area contributed by atoms with E-state index in [1.54, 1.807) is 13.8 Å². The molecule has 1 saturated carbocycles. The summed E-state index contributed by atoms with van der Waals surface area (Å²) in [4.78, 5) is 35.9. The number of amides is 1. The van der Waals surface area contributed by atoms with E-state index < -0.39 is 18.1 Å². The van der Waals surface area contributed by atoms with Gasteiger partial charge < -0.3 is 19.5 Å². The number of esters is 2. The molecule has 2 rings (SSSR count). The molecule has 0 saturated heterocycles. The molecular formula is C19H25NO6. The van der Waals surface area contributed by atoms with E-state index in [0.717, 1.165) is 5.56 Å². The van der Waals surface area contributed by atoms with Crippen LogP contribution in [-0.4, -0.2) is 37.3 Å². The number of carbonyl (C=O) groups is 3. The molecule has 0 aliphatic heterocycles. The number of benzene rings is 1. The summed E-state index contributed by atoms with van der Waals surface area (Å²) < 4.78 is 15.2. The minimum absolute atomic E-state index is 0.00196. The van der Waals surface area contributed by atoms with Gasteiger partial charge in [-0.1, -0.05) is 30.3 Å². The molecule has 0 heterocycles. The van der Waals surface area contributed by atoms with E-state index in [2.05, 4.69) is 5.32 Å². The standard InChI is InChI=1S/C19H25NO6/c1-3-24-17(21)15-10-14(15)11-16(18(22)25-4-2)20-19(23)26-12-13-8-6-5-7-9-13/h5-9,14-16H,3-4,10-12H2,1-2H3,(H,20,23)/t14-,15-,16-/m1/s1. The molecule has 3 atom stereocenters. The van der Waals surface area contributed by atoms with E-state index in [1.165, 1.54) is 0 Å². The van der Waals surface area contributed by atoms with E-state index in [1.807, 2.05) is 30.3 Å². The number of nitrogens with one attached hydrogen (secondary N) is 1. The zero-order chi connectivity index (χ0) is 18.9. The van der Waals surface area contributed by atoms with Crippen LogP contribution in [0.25, 0.3) is 0 Å². The fraction of sp³-hybridized carbons (Fsp3) is 0.526. The quantitative estimate of drug-likeness (QED) is 0.535. The van der Waals surface area contributed by atoms with Crippen LogP contribution < -0.4 is 5.32 Å². The largest absolute Gasteiger partial charge is 0.466 e. The van der Waals surface area contributed by atoms with Crippen molar-refractivity contribution in [2.45, 2.75) is 39.3 Å². The third kappa shape index (κ3) is 6.06. The molecule has 1 fully saturated rings. The van der Waals surface area contributed by atoms with Crippen molar-refractivity contribution in [2.24, 2.45) is 11.8 Å². The van der Waals surface area contributed by atoms with E-state index in [0.29, 0.717) is 19.4 Å². The van der Waals surface area contributed by atoms with E-state index >= 15 is 0 Å². The highest BCUT2D eigenvalue weighted by molar-refractivity contribution is 5.82. The molecule has 0 aromatic heterocycles. The molecule has 0 radical (unpaired) electrons. The lowest BCUT2D eigenvalue weighted by Gasteiger charge is -2.17. The summed E-state index contributed by atoms with van der Waals surface area (Å²) in [5.74, 6) is -1.00. The lowest BCUT2D eigenvalue weighted by atomic mass is 10.1. The van der Waals surface area contributed by atoms with Gasteiger partial charge in [-0.15, -0.1) is 0 Å². The Hall–Kier alpha value is -2.57. The number of ether oxygens (including phenoxy) is 3. The van der Waals surface area contributed by atoms with Gasteiger partial charge in [-0.05, 0) is 38.2 Å². The first-order valence-electron chi connectivity index (χ1n) is 8.85. The average Bonchev–Trinajstić information content (AvgIpc) is 3.40. The summed E-state index contributed by atoms with van der Waals surface area (Å²) in [6, 6.07) is 8.40. The Bertz CT molecular complexity index is 618. The molecule has 1 aromatic rings. The van der Waals surface area contributed by atoms with E-state index in [4.69, 9.17) is 14.2 Å². The lowest BCUT2D eigenvalue weighted by molar-refractivity contribution is -0.147. The van der Waals surface area contributed by atoms with Crippen LogP contribution in [0.5, 0.6) is 0 Å². The second kappa shape index (κ2) is 9.79. The van der Waals surface area contributed by atoms with Crippen LogP contribution in [0.4, 0.5) is 4.79 Å². The van der Waals surface area contributed by atoms with Crippen LogP contribution in [0, 0.1) is 11.8 Å². The second-order valence-corrected chi connectivity index (χ2v) is 6.10. The predicted octanol–water partition coefficient (Wildman–Crippen LogP) is 2.43. The first-order valence-corrected chi connectivity index (χ1v) is 8.85. The summed E-state index contributed by atoms with van der Waals surface area (Å²) in [6.07, 6.45) is 0.276. The van der Waals surface area contributed by atoms with Crippen molar-refractivity contribution in [3.05, 3.63) is 35.9 Å². The van der Waals surface area contributed by atoms with Gasteiger partial charge in [0.25, 0.3) is 0 Å². The fourth-order valence-corrected chi connectivity index (χ4v) is 2.71. The van der Waals surface area contributed by atoms with Gasteiger partial charge in [0.1, 0.15) is 12.6 Å². The number of hydrogen-bond donors (Lipinski definition) is 1. The van der Waals surface area contributed by atoms with Gasteiger partial charge >= 0.3 is 18.0 Å². The Morgan fingerprint density at radius 3 is 2.42 bits per heavy atom. The van der Waals surface area contributed by atoms with Gasteiger partial charge in [0, 0.05) is 0 Å².